The molecule has 0 unspecified atom stereocenters. The molecule has 0 spiro atoms. The van der Waals surface area contributed by atoms with Crippen LogP contribution in [0.5, 0.6) is 5.75 Å². The number of carbonyl (C=O) groups excluding carboxylic acids is 1. The van der Waals surface area contributed by atoms with E-state index in [0.717, 1.165) is 5.56 Å². The van der Waals surface area contributed by atoms with Crippen LogP contribution >= 0.6 is 0 Å². The maximum absolute atomic E-state index is 12.2. The summed E-state index contributed by atoms with van der Waals surface area (Å²) in [5.41, 5.74) is 0.112. The summed E-state index contributed by atoms with van der Waals surface area (Å²) in [5.74, 6) is -0.399. The first-order chi connectivity index (χ1) is 10.1. The van der Waals surface area contributed by atoms with Crippen LogP contribution < -0.4 is 4.74 Å². The molecule has 6 nitrogen and oxygen atoms in total. The molecule has 0 saturated heterocycles. The summed E-state index contributed by atoms with van der Waals surface area (Å²) in [4.78, 5) is 24.5. The van der Waals surface area contributed by atoms with E-state index >= 15 is 0 Å². The van der Waals surface area contributed by atoms with Gasteiger partial charge in [0.1, 0.15) is 17.9 Å². The summed E-state index contributed by atoms with van der Waals surface area (Å²) in [6.07, 6.45) is -0.654. The SMILES string of the molecule is COc1ccc([C@@H](C)N(CC(=O)O)C(=O)OC(C)(C)C)cc1. The van der Waals surface area contributed by atoms with Gasteiger partial charge >= 0.3 is 12.1 Å². The number of carbonyl (C=O) groups is 2. The predicted octanol–water partition coefficient (Wildman–Crippen LogP) is 3.08. The fraction of sp³-hybridized carbons (Fsp3) is 0.500. The van der Waals surface area contributed by atoms with Crippen molar-refractivity contribution in [1.29, 1.82) is 0 Å². The van der Waals surface area contributed by atoms with E-state index in [2.05, 4.69) is 0 Å². The van der Waals surface area contributed by atoms with Gasteiger partial charge in [-0.25, -0.2) is 4.79 Å². The zero-order valence-corrected chi connectivity index (χ0v) is 13.6. The maximum Gasteiger partial charge on any atom is 0.411 e. The van der Waals surface area contributed by atoms with Crippen LogP contribution in [0.2, 0.25) is 0 Å². The number of nitrogens with zero attached hydrogens (tertiary/aromatic N) is 1. The molecule has 0 bridgehead atoms. The van der Waals surface area contributed by atoms with Crippen molar-refractivity contribution in [3.05, 3.63) is 29.8 Å². The normalized spacial score (nSPS) is 12.4. The van der Waals surface area contributed by atoms with E-state index in [1.165, 1.54) is 4.90 Å². The highest BCUT2D eigenvalue weighted by atomic mass is 16.6. The van der Waals surface area contributed by atoms with Crippen molar-refractivity contribution >= 4 is 12.1 Å². The van der Waals surface area contributed by atoms with Gasteiger partial charge in [-0.3, -0.25) is 9.69 Å². The highest BCUT2D eigenvalue weighted by Gasteiger charge is 2.28. The Morgan fingerprint density at radius 3 is 2.18 bits per heavy atom. The minimum absolute atomic E-state index is 0.428. The molecular formula is C16H23NO5. The van der Waals surface area contributed by atoms with E-state index in [-0.39, 0.29) is 0 Å². The van der Waals surface area contributed by atoms with Crippen LogP contribution in [0.1, 0.15) is 39.3 Å². The minimum atomic E-state index is -1.09. The number of carboxylic acids is 1. The smallest absolute Gasteiger partial charge is 0.411 e. The molecule has 122 valence electrons. The number of carboxylic acid groups (broad SMARTS) is 1. The quantitative estimate of drug-likeness (QED) is 0.904. The molecule has 0 fully saturated rings. The first-order valence-corrected chi connectivity index (χ1v) is 6.99. The van der Waals surface area contributed by atoms with Crippen molar-refractivity contribution in [1.82, 2.24) is 4.90 Å². The lowest BCUT2D eigenvalue weighted by molar-refractivity contribution is -0.138. The Morgan fingerprint density at radius 1 is 1.23 bits per heavy atom. The van der Waals surface area contributed by atoms with Crippen molar-refractivity contribution in [2.75, 3.05) is 13.7 Å². The van der Waals surface area contributed by atoms with Gasteiger partial charge in [-0.1, -0.05) is 12.1 Å². The van der Waals surface area contributed by atoms with Crippen LogP contribution in [0.15, 0.2) is 24.3 Å². The molecule has 1 aromatic carbocycles. The third kappa shape index (κ3) is 5.27. The number of hydrogen-bond acceptors (Lipinski definition) is 4. The third-order valence-corrected chi connectivity index (χ3v) is 3.00. The summed E-state index contributed by atoms with van der Waals surface area (Å²) in [6.45, 7) is 6.54. The summed E-state index contributed by atoms with van der Waals surface area (Å²) in [6, 6.07) is 6.68. The second-order valence-corrected chi connectivity index (χ2v) is 5.95. The molecule has 22 heavy (non-hydrogen) atoms. The fourth-order valence-electron chi connectivity index (χ4n) is 1.89. The van der Waals surface area contributed by atoms with Gasteiger partial charge in [-0.2, -0.15) is 0 Å². The number of methoxy groups -OCH3 is 1. The molecule has 1 aromatic rings. The Bertz CT molecular complexity index is 518. The summed E-state index contributed by atoms with van der Waals surface area (Å²) >= 11 is 0. The van der Waals surface area contributed by atoms with Crippen molar-refractivity contribution in [2.45, 2.75) is 39.3 Å². The Labute approximate surface area is 130 Å². The number of hydrogen-bond donors (Lipinski definition) is 1. The lowest BCUT2D eigenvalue weighted by Crippen LogP contribution is -2.41. The largest absolute Gasteiger partial charge is 0.497 e. The number of aliphatic carboxylic acids is 1. The van der Waals surface area contributed by atoms with E-state index in [1.807, 2.05) is 0 Å². The van der Waals surface area contributed by atoms with E-state index in [4.69, 9.17) is 14.6 Å². The van der Waals surface area contributed by atoms with Gasteiger partial charge in [0.05, 0.1) is 13.2 Å². The van der Waals surface area contributed by atoms with Crippen LogP contribution in [-0.4, -0.2) is 41.3 Å². The zero-order valence-electron chi connectivity index (χ0n) is 13.6. The monoisotopic (exact) mass is 309 g/mol. The Morgan fingerprint density at radius 2 is 1.77 bits per heavy atom. The first kappa shape index (κ1) is 17.8. The summed E-state index contributed by atoms with van der Waals surface area (Å²) in [5, 5.41) is 9.04. The Kier molecular flexibility index (Phi) is 5.79. The molecule has 1 atom stereocenters. The van der Waals surface area contributed by atoms with Gasteiger partial charge in [0.2, 0.25) is 0 Å². The van der Waals surface area contributed by atoms with Gasteiger partial charge in [0.15, 0.2) is 0 Å². The van der Waals surface area contributed by atoms with Crippen LogP contribution in [-0.2, 0) is 9.53 Å². The van der Waals surface area contributed by atoms with Gasteiger partial charge in [0, 0.05) is 0 Å². The predicted molar refractivity (Wildman–Crippen MR) is 82.0 cm³/mol. The molecule has 6 heteroatoms. The van der Waals surface area contributed by atoms with E-state index < -0.39 is 30.3 Å². The lowest BCUT2D eigenvalue weighted by atomic mass is 10.1. The second kappa shape index (κ2) is 7.15. The maximum atomic E-state index is 12.2. The first-order valence-electron chi connectivity index (χ1n) is 6.99. The molecule has 0 aliphatic heterocycles. The van der Waals surface area contributed by atoms with E-state index in [1.54, 1.807) is 59.1 Å². The summed E-state index contributed by atoms with van der Waals surface area (Å²) < 4.78 is 10.4. The zero-order chi connectivity index (χ0) is 16.9. The molecule has 0 heterocycles. The lowest BCUT2D eigenvalue weighted by Gasteiger charge is -2.30. The highest BCUT2D eigenvalue weighted by molar-refractivity contribution is 5.77. The topological polar surface area (TPSA) is 76.1 Å². The molecule has 0 aliphatic carbocycles. The average Bonchev–Trinajstić information content (AvgIpc) is 2.42. The molecule has 1 N–H and O–H groups in total. The van der Waals surface area contributed by atoms with Gasteiger partial charge in [-0.15, -0.1) is 0 Å². The number of ether oxygens (including phenoxy) is 2. The number of amides is 1. The van der Waals surface area contributed by atoms with Crippen molar-refractivity contribution in [3.63, 3.8) is 0 Å². The van der Waals surface area contributed by atoms with Crippen LogP contribution in [0, 0.1) is 0 Å². The van der Waals surface area contributed by atoms with Crippen molar-refractivity contribution < 1.29 is 24.2 Å². The molecule has 1 amide bonds. The van der Waals surface area contributed by atoms with Gasteiger partial charge in [0.25, 0.3) is 0 Å². The number of rotatable bonds is 5. The average molecular weight is 309 g/mol. The molecule has 0 radical (unpaired) electrons. The molecule has 0 aliphatic rings. The Balaban J connectivity index is 2.98. The van der Waals surface area contributed by atoms with E-state index in [0.29, 0.717) is 5.75 Å². The van der Waals surface area contributed by atoms with Crippen molar-refractivity contribution in [3.8, 4) is 5.75 Å². The highest BCUT2D eigenvalue weighted by Crippen LogP contribution is 2.24. The Hall–Kier alpha value is -2.24. The standard InChI is InChI=1S/C16H23NO5/c1-11(12-6-8-13(21-5)9-7-12)17(10-14(18)19)15(20)22-16(2,3)4/h6-9,11H,10H2,1-5H3,(H,18,19)/t11-/m1/s1. The van der Waals surface area contributed by atoms with E-state index in [9.17, 15) is 9.59 Å². The molecule has 0 saturated carbocycles. The van der Waals surface area contributed by atoms with Gasteiger partial charge < -0.3 is 14.6 Å². The summed E-state index contributed by atoms with van der Waals surface area (Å²) in [7, 11) is 1.57. The fourth-order valence-corrected chi connectivity index (χ4v) is 1.89. The molecule has 1 rings (SSSR count). The van der Waals surface area contributed by atoms with Crippen molar-refractivity contribution in [2.24, 2.45) is 0 Å². The number of benzene rings is 1. The molecular weight excluding hydrogens is 286 g/mol. The van der Waals surface area contributed by atoms with Gasteiger partial charge in [-0.05, 0) is 45.4 Å². The van der Waals surface area contributed by atoms with Crippen LogP contribution in [0.3, 0.4) is 0 Å². The second-order valence-electron chi connectivity index (χ2n) is 5.95. The molecule has 0 aromatic heterocycles. The third-order valence-electron chi connectivity index (χ3n) is 3.00. The minimum Gasteiger partial charge on any atom is -0.497 e. The van der Waals surface area contributed by atoms with Crippen LogP contribution in [0.25, 0.3) is 0 Å². The van der Waals surface area contributed by atoms with Crippen LogP contribution in [0.4, 0.5) is 4.79 Å².